The molecule has 8 heavy (non-hydrogen) atoms. The maximum absolute atomic E-state index is 2.45. The molecule has 0 nitrogen and oxygen atoms in total. The van der Waals surface area contributed by atoms with Gasteiger partial charge in [0.05, 0.1) is 0 Å². The molecule has 0 unspecified atom stereocenters. The average Bonchev–Trinajstić information content (AvgIpc) is 1.61. The second kappa shape index (κ2) is 4.01. The molecule has 0 saturated heterocycles. The van der Waals surface area contributed by atoms with Gasteiger partial charge in [0.2, 0.25) is 0 Å². The molecule has 0 aliphatic rings. The number of rotatable bonds is 2. The summed E-state index contributed by atoms with van der Waals surface area (Å²) in [5.74, 6) is 0.799. The third-order valence-corrected chi connectivity index (χ3v) is 2.64. The van der Waals surface area contributed by atoms with Crippen molar-refractivity contribution in [3.63, 3.8) is 0 Å². The van der Waals surface area contributed by atoms with Crippen LogP contribution in [0.1, 0.15) is 27.7 Å². The molecular weight excluding hydrogens is 112 g/mol. The van der Waals surface area contributed by atoms with E-state index in [1.165, 1.54) is 0 Å². The van der Waals surface area contributed by atoms with Gasteiger partial charge in [0.15, 0.2) is 0 Å². The van der Waals surface area contributed by atoms with E-state index in [1.54, 1.807) is 0 Å². The van der Waals surface area contributed by atoms with Crippen LogP contribution in [-0.4, -0.2) is 14.8 Å². The smallest absolute Gasteiger partial charge is 0.00891 e. The minimum atomic E-state index is 0.609. The minimum Gasteiger partial charge on any atom is -0.104 e. The van der Waals surface area contributed by atoms with E-state index >= 15 is 0 Å². The van der Waals surface area contributed by atoms with Crippen molar-refractivity contribution < 1.29 is 0 Å². The fraction of sp³-hybridized carbons (Fsp3) is 0.857. The first-order valence-corrected chi connectivity index (χ1v) is 4.64. The fourth-order valence-corrected chi connectivity index (χ4v) is 1.33. The SMILES string of the molecule is CC(C)/C=[SiH]/C(C)C. The van der Waals surface area contributed by atoms with E-state index in [4.69, 9.17) is 0 Å². The molecule has 0 saturated carbocycles. The minimum absolute atomic E-state index is 0.609. The zero-order chi connectivity index (χ0) is 6.57. The zero-order valence-corrected chi connectivity index (χ0v) is 7.46. The van der Waals surface area contributed by atoms with Gasteiger partial charge in [0.25, 0.3) is 0 Å². The van der Waals surface area contributed by atoms with Crippen molar-refractivity contribution in [2.45, 2.75) is 33.2 Å². The molecule has 0 aromatic carbocycles. The lowest BCUT2D eigenvalue weighted by Gasteiger charge is -1.94. The van der Waals surface area contributed by atoms with Gasteiger partial charge in [0.1, 0.15) is 0 Å². The molecule has 0 rings (SSSR count). The van der Waals surface area contributed by atoms with Gasteiger partial charge in [-0.05, 0) is 20.6 Å². The summed E-state index contributed by atoms with van der Waals surface area (Å²) in [5.41, 5.74) is 3.36. The van der Waals surface area contributed by atoms with Crippen LogP contribution in [0.15, 0.2) is 0 Å². The largest absolute Gasteiger partial charge is 0.104 e. The quantitative estimate of drug-likeness (QED) is 0.497. The Kier molecular flexibility index (Phi) is 4.06. The summed E-state index contributed by atoms with van der Waals surface area (Å²) in [6.45, 7) is 9.06. The van der Waals surface area contributed by atoms with Crippen molar-refractivity contribution >= 4 is 14.8 Å². The summed E-state index contributed by atoms with van der Waals surface area (Å²) in [6, 6.07) is 0. The van der Waals surface area contributed by atoms with Crippen molar-refractivity contribution in [2.24, 2.45) is 5.92 Å². The lowest BCUT2D eigenvalue weighted by molar-refractivity contribution is 0.918. The van der Waals surface area contributed by atoms with Crippen LogP contribution < -0.4 is 0 Å². The maximum Gasteiger partial charge on any atom is -0.00891 e. The standard InChI is InChI=1S/C7H16Si/c1-6(2)5-8-7(3)4/h5-8H,1-4H3/b8-5+. The van der Waals surface area contributed by atoms with Crippen LogP contribution in [0.3, 0.4) is 0 Å². The monoisotopic (exact) mass is 128 g/mol. The Labute approximate surface area is 54.7 Å². The van der Waals surface area contributed by atoms with Crippen LogP contribution in [0.25, 0.3) is 0 Å². The van der Waals surface area contributed by atoms with E-state index in [2.05, 4.69) is 33.4 Å². The van der Waals surface area contributed by atoms with Crippen molar-refractivity contribution in [1.29, 1.82) is 0 Å². The Bertz CT molecular complexity index is 62.5. The number of hydrogen-bond donors (Lipinski definition) is 0. The summed E-state index contributed by atoms with van der Waals surface area (Å²) < 4.78 is 0. The zero-order valence-electron chi connectivity index (χ0n) is 6.31. The van der Waals surface area contributed by atoms with Gasteiger partial charge in [-0.15, -0.1) is 5.67 Å². The summed E-state index contributed by atoms with van der Waals surface area (Å²) in [4.78, 5) is 0. The maximum atomic E-state index is 2.45. The third-order valence-electron chi connectivity index (χ3n) is 0.881. The molecule has 0 amide bonds. The molecule has 0 bridgehead atoms. The van der Waals surface area contributed by atoms with Crippen molar-refractivity contribution in [1.82, 2.24) is 0 Å². The van der Waals surface area contributed by atoms with Crippen LogP contribution in [0.4, 0.5) is 0 Å². The van der Waals surface area contributed by atoms with Crippen LogP contribution in [-0.2, 0) is 0 Å². The van der Waals surface area contributed by atoms with E-state index in [0.29, 0.717) is 9.13 Å². The van der Waals surface area contributed by atoms with E-state index in [-0.39, 0.29) is 0 Å². The molecule has 0 heterocycles. The van der Waals surface area contributed by atoms with Crippen LogP contribution >= 0.6 is 0 Å². The van der Waals surface area contributed by atoms with E-state index in [0.717, 1.165) is 11.5 Å². The molecule has 0 aromatic heterocycles. The second-order valence-electron chi connectivity index (χ2n) is 2.87. The predicted octanol–water partition coefficient (Wildman–Crippen LogP) is 1.71. The molecule has 0 atom stereocenters. The average molecular weight is 128 g/mol. The van der Waals surface area contributed by atoms with Crippen molar-refractivity contribution in [2.75, 3.05) is 0 Å². The van der Waals surface area contributed by atoms with Gasteiger partial charge in [0, 0.05) is 0 Å². The first-order valence-electron chi connectivity index (χ1n) is 3.31. The molecule has 1 heteroatoms. The lowest BCUT2D eigenvalue weighted by Crippen LogP contribution is -1.95. The van der Waals surface area contributed by atoms with Gasteiger partial charge in [-0.2, -0.15) is 0 Å². The second-order valence-corrected chi connectivity index (χ2v) is 4.98. The summed E-state index contributed by atoms with van der Waals surface area (Å²) in [6.07, 6.45) is 0. The molecule has 0 aliphatic heterocycles. The van der Waals surface area contributed by atoms with E-state index in [1.807, 2.05) is 0 Å². The molecule has 0 fully saturated rings. The van der Waals surface area contributed by atoms with Crippen molar-refractivity contribution in [3.8, 4) is 0 Å². The highest BCUT2D eigenvalue weighted by Crippen LogP contribution is 1.92. The predicted molar refractivity (Wildman–Crippen MR) is 43.1 cm³/mol. The normalized spacial score (nSPS) is 12.2. The van der Waals surface area contributed by atoms with Gasteiger partial charge in [-0.1, -0.05) is 27.7 Å². The lowest BCUT2D eigenvalue weighted by atomic mass is 10.3. The van der Waals surface area contributed by atoms with Crippen LogP contribution in [0.5, 0.6) is 0 Å². The Morgan fingerprint density at radius 2 is 1.62 bits per heavy atom. The molecule has 0 N–H and O–H groups in total. The fourth-order valence-electron chi connectivity index (χ4n) is 0.444. The highest BCUT2D eigenvalue weighted by Gasteiger charge is 1.85. The molecule has 0 aromatic rings. The highest BCUT2D eigenvalue weighted by atomic mass is 28.2. The highest BCUT2D eigenvalue weighted by molar-refractivity contribution is 6.48. The van der Waals surface area contributed by atoms with Crippen LogP contribution in [0.2, 0.25) is 5.54 Å². The summed E-state index contributed by atoms with van der Waals surface area (Å²) >= 11 is 0. The van der Waals surface area contributed by atoms with E-state index in [9.17, 15) is 0 Å². The van der Waals surface area contributed by atoms with Gasteiger partial charge in [-0.3, -0.25) is 0 Å². The summed E-state index contributed by atoms with van der Waals surface area (Å²) in [5, 5.41) is 0. The Morgan fingerprint density at radius 1 is 1.12 bits per heavy atom. The van der Waals surface area contributed by atoms with Crippen LogP contribution in [0, 0.1) is 5.92 Å². The first-order chi connectivity index (χ1) is 3.63. The summed E-state index contributed by atoms with van der Waals surface area (Å²) in [7, 11) is 0.609. The Hall–Kier alpha value is 0.0869. The van der Waals surface area contributed by atoms with E-state index < -0.39 is 0 Å². The topological polar surface area (TPSA) is 0 Å². The molecular formula is C7H16Si. The van der Waals surface area contributed by atoms with Gasteiger partial charge < -0.3 is 0 Å². The molecule has 48 valence electrons. The Balaban J connectivity index is 3.34. The van der Waals surface area contributed by atoms with Crippen molar-refractivity contribution in [3.05, 3.63) is 0 Å². The first kappa shape index (κ1) is 8.09. The molecule has 0 radical (unpaired) electrons. The third kappa shape index (κ3) is 6.09. The van der Waals surface area contributed by atoms with Gasteiger partial charge >= 0.3 is 0 Å². The number of hydrogen-bond acceptors (Lipinski definition) is 0. The molecule has 0 spiro atoms. The van der Waals surface area contributed by atoms with Gasteiger partial charge in [-0.25, -0.2) is 0 Å². The Morgan fingerprint density at radius 3 is 1.75 bits per heavy atom. The molecule has 0 aliphatic carbocycles.